The molecule has 0 N–H and O–H groups in total. The van der Waals surface area contributed by atoms with Crippen molar-refractivity contribution in [1.29, 1.82) is 0 Å². The van der Waals surface area contributed by atoms with E-state index in [4.69, 9.17) is 0 Å². The number of hydrogen-bond acceptors (Lipinski definition) is 2. The van der Waals surface area contributed by atoms with Crippen molar-refractivity contribution in [3.63, 3.8) is 0 Å². The third-order valence-corrected chi connectivity index (χ3v) is 5.85. The second kappa shape index (κ2) is 9.12. The zero-order valence-electron chi connectivity index (χ0n) is 18.2. The van der Waals surface area contributed by atoms with Crippen molar-refractivity contribution >= 4 is 5.91 Å². The van der Waals surface area contributed by atoms with Crippen LogP contribution in [0.2, 0.25) is 0 Å². The molecule has 2 heterocycles. The van der Waals surface area contributed by atoms with Crippen LogP contribution in [0.5, 0.6) is 0 Å². The van der Waals surface area contributed by atoms with Crippen molar-refractivity contribution in [2.24, 2.45) is 5.92 Å². The van der Waals surface area contributed by atoms with E-state index in [-0.39, 0.29) is 17.3 Å². The number of carbonyl (C=O) groups is 1. The van der Waals surface area contributed by atoms with Gasteiger partial charge in [-0.15, -0.1) is 0 Å². The Hall–Kier alpha value is -2.14. The van der Waals surface area contributed by atoms with E-state index in [2.05, 4.69) is 30.2 Å². The molecule has 1 aromatic heterocycles. The molecule has 1 unspecified atom stereocenters. The third-order valence-electron chi connectivity index (χ3n) is 5.85. The highest BCUT2D eigenvalue weighted by molar-refractivity contribution is 5.93. The summed E-state index contributed by atoms with van der Waals surface area (Å²) in [5, 5.41) is 0. The van der Waals surface area contributed by atoms with E-state index in [0.29, 0.717) is 5.92 Å². The molecule has 1 atom stereocenters. The van der Waals surface area contributed by atoms with E-state index in [1.807, 2.05) is 42.5 Å². The molecule has 4 nitrogen and oxygen atoms in total. The Morgan fingerprint density at radius 3 is 2.69 bits per heavy atom. The van der Waals surface area contributed by atoms with Gasteiger partial charge in [-0.25, -0.2) is 4.39 Å². The molecule has 5 heteroatoms. The van der Waals surface area contributed by atoms with Crippen molar-refractivity contribution in [2.45, 2.75) is 45.6 Å². The van der Waals surface area contributed by atoms with E-state index in [0.717, 1.165) is 56.6 Å². The smallest absolute Gasteiger partial charge is 0.255 e. The normalized spacial score (nSPS) is 18.0. The summed E-state index contributed by atoms with van der Waals surface area (Å²) in [5.41, 5.74) is 1.50. The summed E-state index contributed by atoms with van der Waals surface area (Å²) >= 11 is 0. The zero-order chi connectivity index (χ0) is 21.0. The number of nitrogens with zero attached hydrogens (tertiary/aromatic N) is 3. The molecule has 0 radical (unpaired) electrons. The third kappa shape index (κ3) is 5.69. The van der Waals surface area contributed by atoms with Gasteiger partial charge in [0.25, 0.3) is 5.91 Å². The topological polar surface area (TPSA) is 28.5 Å². The molecule has 1 fully saturated rings. The number of aromatic nitrogens is 1. The molecule has 2 aromatic rings. The summed E-state index contributed by atoms with van der Waals surface area (Å²) in [6.45, 7) is 10.0. The fourth-order valence-corrected chi connectivity index (χ4v) is 4.11. The quantitative estimate of drug-likeness (QED) is 0.720. The van der Waals surface area contributed by atoms with E-state index >= 15 is 0 Å². The Morgan fingerprint density at radius 1 is 1.24 bits per heavy atom. The number of hydrogen-bond donors (Lipinski definition) is 0. The fraction of sp³-hybridized carbons (Fsp3) is 0.542. The van der Waals surface area contributed by atoms with Crippen LogP contribution in [0.25, 0.3) is 0 Å². The Bertz CT molecular complexity index is 824. The van der Waals surface area contributed by atoms with Gasteiger partial charge < -0.3 is 14.4 Å². The van der Waals surface area contributed by atoms with Crippen LogP contribution in [0.15, 0.2) is 42.7 Å². The molecular weight excluding hydrogens is 365 g/mol. The highest BCUT2D eigenvalue weighted by Gasteiger charge is 2.24. The molecule has 0 bridgehead atoms. The highest BCUT2D eigenvalue weighted by Crippen LogP contribution is 2.20. The lowest BCUT2D eigenvalue weighted by molar-refractivity contribution is 0.0730. The second-order valence-corrected chi connectivity index (χ2v) is 9.31. The number of amides is 1. The molecule has 158 valence electrons. The van der Waals surface area contributed by atoms with Gasteiger partial charge in [0.15, 0.2) is 0 Å². The molecule has 0 spiro atoms. The first-order chi connectivity index (χ1) is 13.7. The molecule has 1 aliphatic rings. The number of rotatable bonds is 6. The van der Waals surface area contributed by atoms with Crippen LogP contribution in [-0.2, 0) is 12.0 Å². The minimum Gasteiger partial charge on any atom is -0.348 e. The van der Waals surface area contributed by atoms with Crippen LogP contribution in [0.3, 0.4) is 0 Å². The Labute approximate surface area is 174 Å². The van der Waals surface area contributed by atoms with Gasteiger partial charge in [0.05, 0.1) is 5.56 Å². The largest absolute Gasteiger partial charge is 0.348 e. The van der Waals surface area contributed by atoms with Crippen molar-refractivity contribution < 1.29 is 9.18 Å². The van der Waals surface area contributed by atoms with Gasteiger partial charge in [0.1, 0.15) is 5.82 Å². The first-order valence-electron chi connectivity index (χ1n) is 10.6. The Morgan fingerprint density at radius 2 is 2.00 bits per heavy atom. The predicted octanol–water partition coefficient (Wildman–Crippen LogP) is 4.41. The van der Waals surface area contributed by atoms with Crippen molar-refractivity contribution in [3.8, 4) is 0 Å². The van der Waals surface area contributed by atoms with Gasteiger partial charge in [-0.2, -0.15) is 0 Å². The van der Waals surface area contributed by atoms with Crippen molar-refractivity contribution in [1.82, 2.24) is 14.4 Å². The van der Waals surface area contributed by atoms with Gasteiger partial charge >= 0.3 is 0 Å². The number of carbonyl (C=O) groups excluding carboxylic acids is 1. The minimum atomic E-state index is -0.117. The summed E-state index contributed by atoms with van der Waals surface area (Å²) in [6, 6.07) is 8.93. The maximum atomic E-state index is 13.9. The average molecular weight is 400 g/mol. The maximum Gasteiger partial charge on any atom is 0.255 e. The lowest BCUT2D eigenvalue weighted by atomic mass is 9.97. The van der Waals surface area contributed by atoms with Gasteiger partial charge in [0, 0.05) is 44.6 Å². The molecule has 1 aliphatic heterocycles. The Kier molecular flexibility index (Phi) is 6.78. The van der Waals surface area contributed by atoms with Gasteiger partial charge in [0.2, 0.25) is 0 Å². The Balaban J connectivity index is 1.52. The zero-order valence-corrected chi connectivity index (χ0v) is 18.2. The van der Waals surface area contributed by atoms with Crippen LogP contribution in [-0.4, -0.2) is 53.5 Å². The minimum absolute atomic E-state index is 0.0286. The lowest BCUT2D eigenvalue weighted by Gasteiger charge is -2.34. The summed E-state index contributed by atoms with van der Waals surface area (Å²) in [6.07, 6.45) is 6.92. The summed E-state index contributed by atoms with van der Waals surface area (Å²) in [4.78, 5) is 17.1. The average Bonchev–Trinajstić information content (AvgIpc) is 3.18. The van der Waals surface area contributed by atoms with Gasteiger partial charge in [-0.3, -0.25) is 4.79 Å². The number of likely N-dealkylation sites (tertiary alicyclic amines) is 1. The number of benzene rings is 1. The molecule has 1 amide bonds. The van der Waals surface area contributed by atoms with Gasteiger partial charge in [-0.05, 0) is 70.2 Å². The number of halogens is 1. The van der Waals surface area contributed by atoms with Crippen LogP contribution in [0, 0.1) is 11.7 Å². The molecule has 0 aliphatic carbocycles. The van der Waals surface area contributed by atoms with E-state index in [9.17, 15) is 9.18 Å². The van der Waals surface area contributed by atoms with Gasteiger partial charge in [-0.1, -0.05) is 18.2 Å². The maximum absolute atomic E-state index is 13.9. The van der Waals surface area contributed by atoms with E-state index in [1.165, 1.54) is 6.07 Å². The first-order valence-corrected chi connectivity index (χ1v) is 10.6. The predicted molar refractivity (Wildman–Crippen MR) is 116 cm³/mol. The summed E-state index contributed by atoms with van der Waals surface area (Å²) in [5.74, 6) is 0.424. The first kappa shape index (κ1) is 21.6. The van der Waals surface area contributed by atoms with Crippen LogP contribution in [0.1, 0.15) is 49.5 Å². The lowest BCUT2D eigenvalue weighted by Crippen LogP contribution is -2.42. The molecular formula is C24H34FN3O. The number of piperidine rings is 1. The standard InChI is InChI=1S/C24H34FN3O/c1-24(2,3)28-15-12-21(18-28)23(29)26(4)16-19-8-7-13-27(17-19)14-11-20-9-5-6-10-22(20)25/h5-6,9-10,12,15,18-19H,7-8,11,13-14,16-17H2,1-4H3. The van der Waals surface area contributed by atoms with Crippen LogP contribution in [0.4, 0.5) is 4.39 Å². The molecule has 3 rings (SSSR count). The van der Waals surface area contributed by atoms with E-state index < -0.39 is 0 Å². The summed E-state index contributed by atoms with van der Waals surface area (Å²) in [7, 11) is 1.90. The molecule has 0 saturated carbocycles. The fourth-order valence-electron chi connectivity index (χ4n) is 4.11. The van der Waals surface area contributed by atoms with Crippen LogP contribution >= 0.6 is 0 Å². The SMILES string of the molecule is CN(CC1CCCN(CCc2ccccc2F)C1)C(=O)c1ccn(C(C)(C)C)c1. The monoisotopic (exact) mass is 399 g/mol. The summed E-state index contributed by atoms with van der Waals surface area (Å²) < 4.78 is 15.9. The van der Waals surface area contributed by atoms with Crippen molar-refractivity contribution in [2.75, 3.05) is 33.2 Å². The molecule has 1 aromatic carbocycles. The van der Waals surface area contributed by atoms with Crippen molar-refractivity contribution in [3.05, 3.63) is 59.7 Å². The second-order valence-electron chi connectivity index (χ2n) is 9.31. The van der Waals surface area contributed by atoms with Crippen LogP contribution < -0.4 is 0 Å². The molecule has 29 heavy (non-hydrogen) atoms. The highest BCUT2D eigenvalue weighted by atomic mass is 19.1. The van der Waals surface area contributed by atoms with E-state index in [1.54, 1.807) is 6.07 Å². The molecule has 1 saturated heterocycles.